The second kappa shape index (κ2) is 9.41. The minimum absolute atomic E-state index is 0.0560. The van der Waals surface area contributed by atoms with Crippen molar-refractivity contribution in [1.82, 2.24) is 4.90 Å². The van der Waals surface area contributed by atoms with Crippen molar-refractivity contribution in [2.24, 2.45) is 0 Å². The Morgan fingerprint density at radius 3 is 2.45 bits per heavy atom. The maximum Gasteiger partial charge on any atom is 0.198 e. The molecule has 2 aromatic carbocycles. The Bertz CT molecular complexity index is 1310. The van der Waals surface area contributed by atoms with Crippen molar-refractivity contribution in [1.29, 1.82) is 0 Å². The molecule has 5 rings (SSSR count). The van der Waals surface area contributed by atoms with Crippen molar-refractivity contribution in [2.45, 2.75) is 75.5 Å². The summed E-state index contributed by atoms with van der Waals surface area (Å²) in [5, 5.41) is 54.8. The minimum Gasteiger partial charge on any atom is -0.507 e. The third-order valence-corrected chi connectivity index (χ3v) is 8.29. The molecule has 1 saturated heterocycles. The number of ether oxygens (including phenoxy) is 2. The predicted molar refractivity (Wildman–Crippen MR) is 134 cm³/mol. The fraction of sp³-hybridized carbons (Fsp3) is 0.500. The monoisotopic (exact) mass is 527 g/mol. The molecule has 3 aliphatic rings. The number of likely N-dealkylation sites (N-methyl/N-ethyl adjacent to an activating group) is 1. The molecule has 204 valence electrons. The number of phenolic OH excluding ortho intramolecular Hbond substituents is 2. The van der Waals surface area contributed by atoms with E-state index in [1.807, 2.05) is 19.0 Å². The van der Waals surface area contributed by atoms with E-state index in [2.05, 4.69) is 0 Å². The van der Waals surface area contributed by atoms with Crippen LogP contribution in [-0.4, -0.2) is 86.2 Å². The van der Waals surface area contributed by atoms with E-state index in [1.165, 1.54) is 24.3 Å². The van der Waals surface area contributed by atoms with Crippen LogP contribution in [0.2, 0.25) is 0 Å². The van der Waals surface area contributed by atoms with Crippen LogP contribution in [0.25, 0.3) is 0 Å². The van der Waals surface area contributed by atoms with Crippen LogP contribution in [0.5, 0.6) is 11.5 Å². The van der Waals surface area contributed by atoms with Gasteiger partial charge in [-0.1, -0.05) is 19.1 Å². The maximum absolute atomic E-state index is 13.4. The fourth-order valence-electron chi connectivity index (χ4n) is 5.99. The van der Waals surface area contributed by atoms with Crippen LogP contribution in [-0.2, 0) is 9.47 Å². The predicted octanol–water partition coefficient (Wildman–Crippen LogP) is 1.94. The number of aliphatic hydroxyl groups excluding tert-OH is 2. The normalized spacial score (nSPS) is 32.6. The van der Waals surface area contributed by atoms with Gasteiger partial charge in [0, 0.05) is 35.6 Å². The van der Waals surface area contributed by atoms with Crippen LogP contribution in [0.1, 0.15) is 88.3 Å². The van der Waals surface area contributed by atoms with E-state index in [1.54, 1.807) is 13.8 Å². The summed E-state index contributed by atoms with van der Waals surface area (Å²) < 4.78 is 12.2. The Morgan fingerprint density at radius 1 is 1.11 bits per heavy atom. The van der Waals surface area contributed by atoms with E-state index >= 15 is 0 Å². The van der Waals surface area contributed by atoms with Crippen molar-refractivity contribution in [3.05, 3.63) is 57.6 Å². The molecular weight excluding hydrogens is 494 g/mol. The van der Waals surface area contributed by atoms with E-state index in [-0.39, 0.29) is 58.0 Å². The van der Waals surface area contributed by atoms with E-state index in [0.717, 1.165) is 0 Å². The smallest absolute Gasteiger partial charge is 0.198 e. The van der Waals surface area contributed by atoms with Gasteiger partial charge in [-0.15, -0.1) is 0 Å². The van der Waals surface area contributed by atoms with Crippen molar-refractivity contribution in [3.8, 4) is 11.5 Å². The molecule has 0 amide bonds. The molecule has 0 spiro atoms. The van der Waals surface area contributed by atoms with Gasteiger partial charge < -0.3 is 39.9 Å². The average Bonchev–Trinajstić information content (AvgIpc) is 2.87. The summed E-state index contributed by atoms with van der Waals surface area (Å²) in [4.78, 5) is 28.7. The minimum atomic E-state index is -1.69. The van der Waals surface area contributed by atoms with Crippen LogP contribution in [0.4, 0.5) is 0 Å². The fourth-order valence-corrected chi connectivity index (χ4v) is 5.99. The first-order valence-corrected chi connectivity index (χ1v) is 12.8. The second-order valence-corrected chi connectivity index (χ2v) is 10.7. The standard InChI is InChI=1S/C28H33NO9/c1-5-28(36)11-18(38-19-10-16(29(3)4)23(31)12(2)37-19)14-9-15-21(26(34)22(14)27(28)35)24(32)13-7-6-8-17(30)20(13)25(15)33/h6-9,12,16,18-19,23,27,30-31,34-36H,5,10-11H2,1-4H3/t12-,16-,18-,19-,23+,27+,28+/m1/s1. The van der Waals surface area contributed by atoms with Gasteiger partial charge in [-0.3, -0.25) is 9.59 Å². The molecule has 0 bridgehead atoms. The average molecular weight is 528 g/mol. The number of hydrogen-bond acceptors (Lipinski definition) is 10. The van der Waals surface area contributed by atoms with Crippen molar-refractivity contribution in [3.63, 3.8) is 0 Å². The van der Waals surface area contributed by atoms with Crippen LogP contribution in [0.3, 0.4) is 0 Å². The molecule has 7 atom stereocenters. The van der Waals surface area contributed by atoms with Crippen LogP contribution in [0.15, 0.2) is 24.3 Å². The first-order chi connectivity index (χ1) is 17.9. The van der Waals surface area contributed by atoms with E-state index in [0.29, 0.717) is 6.42 Å². The molecule has 2 aliphatic carbocycles. The lowest BCUT2D eigenvalue weighted by Gasteiger charge is -2.45. The number of nitrogens with zero attached hydrogens (tertiary/aromatic N) is 1. The van der Waals surface area contributed by atoms with Gasteiger partial charge in [0.15, 0.2) is 17.9 Å². The molecule has 38 heavy (non-hydrogen) atoms. The number of ketones is 2. The summed E-state index contributed by atoms with van der Waals surface area (Å²) in [5.74, 6) is -2.27. The first kappa shape index (κ1) is 26.7. The molecule has 1 aliphatic heterocycles. The molecule has 2 aromatic rings. The van der Waals surface area contributed by atoms with Crippen LogP contribution < -0.4 is 0 Å². The highest BCUT2D eigenvalue weighted by Gasteiger charge is 2.49. The summed E-state index contributed by atoms with van der Waals surface area (Å²) in [5.41, 5.74) is -2.15. The largest absolute Gasteiger partial charge is 0.507 e. The summed E-state index contributed by atoms with van der Waals surface area (Å²) >= 11 is 0. The zero-order chi connectivity index (χ0) is 27.7. The first-order valence-electron chi connectivity index (χ1n) is 12.8. The summed E-state index contributed by atoms with van der Waals surface area (Å²) in [7, 11) is 3.68. The van der Waals surface area contributed by atoms with Gasteiger partial charge in [0.25, 0.3) is 0 Å². The molecule has 0 radical (unpaired) electrons. The Kier molecular flexibility index (Phi) is 6.62. The van der Waals surface area contributed by atoms with Crippen molar-refractivity contribution < 1.29 is 44.6 Å². The van der Waals surface area contributed by atoms with Gasteiger partial charge in [-0.25, -0.2) is 0 Å². The van der Waals surface area contributed by atoms with Crippen LogP contribution >= 0.6 is 0 Å². The third-order valence-electron chi connectivity index (χ3n) is 8.29. The molecule has 1 fully saturated rings. The number of aliphatic hydroxyl groups is 3. The second-order valence-electron chi connectivity index (χ2n) is 10.7. The highest BCUT2D eigenvalue weighted by molar-refractivity contribution is 6.30. The number of fused-ring (bicyclic) bond motifs is 3. The van der Waals surface area contributed by atoms with Gasteiger partial charge in [0.2, 0.25) is 0 Å². The zero-order valence-electron chi connectivity index (χ0n) is 21.7. The molecule has 10 nitrogen and oxygen atoms in total. The summed E-state index contributed by atoms with van der Waals surface area (Å²) in [6, 6.07) is 5.25. The van der Waals surface area contributed by atoms with E-state index in [4.69, 9.17) is 9.47 Å². The summed E-state index contributed by atoms with van der Waals surface area (Å²) in [6.07, 6.45) is -4.19. The molecule has 0 unspecified atom stereocenters. The lowest BCUT2D eigenvalue weighted by molar-refractivity contribution is -0.261. The van der Waals surface area contributed by atoms with Gasteiger partial charge in [-0.05, 0) is 45.1 Å². The number of phenols is 2. The van der Waals surface area contributed by atoms with Crippen LogP contribution in [0, 0.1) is 0 Å². The number of carbonyl (C=O) groups is 2. The Balaban J connectivity index is 1.62. The quantitative estimate of drug-likeness (QED) is 0.340. The molecular formula is C28H33NO9. The maximum atomic E-state index is 13.4. The topological polar surface area (TPSA) is 157 Å². The number of carbonyl (C=O) groups excluding carboxylic acids is 2. The molecule has 5 N–H and O–H groups in total. The van der Waals surface area contributed by atoms with E-state index in [9.17, 15) is 35.1 Å². The summed E-state index contributed by atoms with van der Waals surface area (Å²) in [6.45, 7) is 3.42. The van der Waals surface area contributed by atoms with Gasteiger partial charge in [-0.2, -0.15) is 0 Å². The molecule has 10 heteroatoms. The zero-order valence-corrected chi connectivity index (χ0v) is 21.7. The number of benzene rings is 2. The SMILES string of the molecule is CC[C@]1(O)C[C@@H](O[C@@H]2C[C@@H](N(C)C)[C@@H](O)[C@@H](C)O2)c2cc3c(c(O)c2[C@@H]1O)C(=O)c1cccc(O)c1C3=O. The Labute approximate surface area is 220 Å². The lowest BCUT2D eigenvalue weighted by Crippen LogP contribution is -2.54. The molecule has 1 heterocycles. The van der Waals surface area contributed by atoms with Crippen molar-refractivity contribution in [2.75, 3.05) is 14.1 Å². The number of aromatic hydroxyl groups is 2. The lowest BCUT2D eigenvalue weighted by atomic mass is 9.71. The third kappa shape index (κ3) is 3.95. The Morgan fingerprint density at radius 2 is 1.79 bits per heavy atom. The molecule has 0 saturated carbocycles. The van der Waals surface area contributed by atoms with Gasteiger partial charge in [0.05, 0.1) is 35.0 Å². The van der Waals surface area contributed by atoms with E-state index < -0.39 is 53.6 Å². The van der Waals surface area contributed by atoms with Crippen molar-refractivity contribution >= 4 is 11.6 Å². The highest BCUT2D eigenvalue weighted by Crippen LogP contribution is 2.52. The Hall–Kier alpha value is -2.86. The number of rotatable bonds is 4. The van der Waals surface area contributed by atoms with Gasteiger partial charge >= 0.3 is 0 Å². The number of hydrogen-bond donors (Lipinski definition) is 5. The van der Waals surface area contributed by atoms with Gasteiger partial charge in [0.1, 0.15) is 17.6 Å². The highest BCUT2D eigenvalue weighted by atomic mass is 16.7. The molecule has 0 aromatic heterocycles.